The van der Waals surface area contributed by atoms with E-state index in [9.17, 15) is 9.90 Å². The van der Waals surface area contributed by atoms with Gasteiger partial charge >= 0.3 is 0 Å². The summed E-state index contributed by atoms with van der Waals surface area (Å²) >= 11 is 0. The Morgan fingerprint density at radius 3 is 2.24 bits per heavy atom. The third-order valence-corrected chi connectivity index (χ3v) is 13.2. The van der Waals surface area contributed by atoms with Crippen molar-refractivity contribution < 1.29 is 14.6 Å². The molecule has 0 aromatic carbocycles. The Morgan fingerprint density at radius 1 is 0.882 bits per heavy atom. The van der Waals surface area contributed by atoms with Crippen molar-refractivity contribution in [3.8, 4) is 0 Å². The molecular formula is C30H47O3Rf-. The van der Waals surface area contributed by atoms with E-state index >= 15 is 0 Å². The molecule has 0 aliphatic heterocycles. The second-order valence-corrected chi connectivity index (χ2v) is 14.3. The fraction of sp³-hybridized carbons (Fsp3) is 0.900. The van der Waals surface area contributed by atoms with Crippen molar-refractivity contribution in [1.29, 1.82) is 0 Å². The minimum absolute atomic E-state index is 0. The molecule has 0 aromatic heterocycles. The third kappa shape index (κ3) is 2.83. The van der Waals surface area contributed by atoms with Crippen LogP contribution in [0.25, 0.3) is 0 Å². The Balaban J connectivity index is 0.00000274. The average molecular weight is 723 g/mol. The molecule has 10 atom stereocenters. The van der Waals surface area contributed by atoms with E-state index in [0.29, 0.717) is 40.4 Å². The van der Waals surface area contributed by atoms with E-state index in [2.05, 4.69) is 48.1 Å². The van der Waals surface area contributed by atoms with Gasteiger partial charge in [0, 0.05) is 5.92 Å². The average Bonchev–Trinajstić information content (AvgIpc) is 3.12. The van der Waals surface area contributed by atoms with Gasteiger partial charge in [-0.15, -0.1) is 0 Å². The van der Waals surface area contributed by atoms with Gasteiger partial charge in [0.15, 0.2) is 0 Å². The molecule has 5 saturated carbocycles. The van der Waals surface area contributed by atoms with E-state index in [0.717, 1.165) is 38.5 Å². The molecule has 5 aliphatic rings. The van der Waals surface area contributed by atoms with Crippen molar-refractivity contribution in [2.75, 3.05) is 0 Å². The first-order valence-electron chi connectivity index (χ1n) is 13.8. The van der Waals surface area contributed by atoms with Crippen LogP contribution in [0.5, 0.6) is 0 Å². The van der Waals surface area contributed by atoms with E-state index in [4.69, 9.17) is 4.74 Å². The number of fused-ring (bicyclic) bond motifs is 7. The van der Waals surface area contributed by atoms with Crippen LogP contribution in [0.1, 0.15) is 106 Å². The van der Waals surface area contributed by atoms with Gasteiger partial charge in [-0.05, 0) is 116 Å². The van der Waals surface area contributed by atoms with Gasteiger partial charge in [-0.2, -0.15) is 0 Å². The molecule has 5 fully saturated rings. The largest absolute Gasteiger partial charge is 0.648 e. The Bertz CT molecular complexity index is 839. The molecule has 1 N–H and O–H groups in total. The number of aliphatic hydroxyl groups is 1. The molecule has 4 heteroatoms. The van der Waals surface area contributed by atoms with Gasteiger partial charge in [-0.3, -0.25) is 0 Å². The summed E-state index contributed by atoms with van der Waals surface area (Å²) in [6, 6.07) is 0. The topological polar surface area (TPSA) is 46.5 Å². The van der Waals surface area contributed by atoms with E-state index < -0.39 is 0 Å². The van der Waals surface area contributed by atoms with Crippen LogP contribution >= 0.6 is 0 Å². The monoisotopic (exact) mass is 722 g/mol. The number of hydrogen-bond acceptors (Lipinski definition) is 3. The van der Waals surface area contributed by atoms with Gasteiger partial charge < -0.3 is 14.6 Å². The Kier molecular flexibility index (Phi) is 5.64. The number of aliphatic hydroxyl groups excluding tert-OH is 1. The summed E-state index contributed by atoms with van der Waals surface area (Å²) < 4.78 is 5.91. The normalized spacial score (nSPS) is 53.3. The van der Waals surface area contributed by atoms with Gasteiger partial charge in [-0.1, -0.05) is 53.2 Å². The first-order chi connectivity index (χ1) is 15.4. The van der Waals surface area contributed by atoms with Crippen molar-refractivity contribution in [3.63, 3.8) is 0 Å². The summed E-state index contributed by atoms with van der Waals surface area (Å²) in [5.41, 5.74) is 1.79. The molecule has 0 heterocycles. The summed E-state index contributed by atoms with van der Waals surface area (Å²) in [6.07, 6.45) is 11.1. The molecule has 0 bridgehead atoms. The zero-order valence-corrected chi connectivity index (χ0v) is 29.1. The maximum atomic E-state index is 11.5. The second kappa shape index (κ2) is 7.58. The van der Waals surface area contributed by atoms with Crippen LogP contribution < -0.4 is 0 Å². The van der Waals surface area contributed by atoms with Crippen molar-refractivity contribution in [1.82, 2.24) is 0 Å². The van der Waals surface area contributed by atoms with Crippen molar-refractivity contribution in [3.05, 3.63) is 12.2 Å². The molecule has 34 heavy (non-hydrogen) atoms. The van der Waals surface area contributed by atoms with Gasteiger partial charge in [0.25, 0.3) is 0 Å². The summed E-state index contributed by atoms with van der Waals surface area (Å²) in [5, 5.41) is 10.9. The van der Waals surface area contributed by atoms with Crippen LogP contribution in [0.2, 0.25) is 0 Å². The standard InChI is InChI=1S/C30H47O3.Rf/c1-19(2)20-10-15-30(33-18-31)17-16-28(6)21(25(20)30)8-9-23-27(5)13-12-24(32)26(3,4)22(27)11-14-29(23,28)7;/h20-25,32H,1,8-17H2,2-7H3;/q-1;/t20?,21?,22?,23?,24?,25?,27-,28?,29+,30?;/m0./s1. The van der Waals surface area contributed by atoms with E-state index in [1.165, 1.54) is 31.3 Å². The van der Waals surface area contributed by atoms with Crippen LogP contribution in [0.4, 0.5) is 0 Å². The summed E-state index contributed by atoms with van der Waals surface area (Å²) in [4.78, 5) is 11.5. The first-order valence-corrected chi connectivity index (χ1v) is 13.8. The fourth-order valence-corrected chi connectivity index (χ4v) is 11.3. The zero-order valence-electron chi connectivity index (χ0n) is 22.7. The van der Waals surface area contributed by atoms with Crippen molar-refractivity contribution in [2.24, 2.45) is 51.2 Å². The van der Waals surface area contributed by atoms with Gasteiger partial charge in [0.1, 0.15) is 0 Å². The Labute approximate surface area is 202 Å². The van der Waals surface area contributed by atoms with E-state index in [1.54, 1.807) is 0 Å². The van der Waals surface area contributed by atoms with Crippen LogP contribution in [0.15, 0.2) is 12.2 Å². The number of hydrogen-bond donors (Lipinski definition) is 1. The predicted octanol–water partition coefficient (Wildman–Crippen LogP) is 6.84. The zero-order chi connectivity index (χ0) is 24.0. The molecule has 0 amide bonds. The van der Waals surface area contributed by atoms with E-state index in [-0.39, 0.29) is 22.5 Å². The molecule has 5 aliphatic carbocycles. The molecular weight excluding hydrogens is 675 g/mol. The maximum absolute atomic E-state index is 11.5. The van der Waals surface area contributed by atoms with Crippen LogP contribution in [0, 0.1) is 51.2 Å². The van der Waals surface area contributed by atoms with Crippen molar-refractivity contribution in [2.45, 2.75) is 117 Å². The van der Waals surface area contributed by atoms with Crippen LogP contribution in [-0.4, -0.2) is 23.3 Å². The molecule has 0 saturated heterocycles. The second-order valence-electron chi connectivity index (χ2n) is 14.3. The van der Waals surface area contributed by atoms with Crippen LogP contribution in [-0.2, 0) is 9.53 Å². The molecule has 0 radical (unpaired) electrons. The fourth-order valence-electron chi connectivity index (χ4n) is 11.3. The Morgan fingerprint density at radius 2 is 1.59 bits per heavy atom. The third-order valence-electron chi connectivity index (χ3n) is 13.2. The summed E-state index contributed by atoms with van der Waals surface area (Å²) in [7, 11) is 0. The van der Waals surface area contributed by atoms with Gasteiger partial charge in [0.2, 0.25) is 0 Å². The molecule has 8 unspecified atom stereocenters. The predicted molar refractivity (Wildman–Crippen MR) is 132 cm³/mol. The smallest absolute Gasteiger partial charge is 0.0748 e. The maximum Gasteiger partial charge on any atom is 0.0748 e. The van der Waals surface area contributed by atoms with Gasteiger partial charge in [0.05, 0.1) is 11.7 Å². The number of allylic oxidation sites excluding steroid dienone is 1. The molecule has 3 nitrogen and oxygen atoms in total. The number of rotatable bonds is 3. The quantitative estimate of drug-likeness (QED) is 0.257. The first kappa shape index (κ1) is 25.3. The van der Waals surface area contributed by atoms with Crippen LogP contribution in [0.3, 0.4) is 0 Å². The molecule has 0 spiro atoms. The molecule has 5 rings (SSSR count). The Hall–Kier alpha value is -1.83. The van der Waals surface area contributed by atoms with Gasteiger partial charge in [-0.25, -0.2) is 0 Å². The molecule has 188 valence electrons. The van der Waals surface area contributed by atoms with E-state index in [1.807, 2.05) is 6.47 Å². The summed E-state index contributed by atoms with van der Waals surface area (Å²) in [5.74, 6) is 2.72. The number of carbonyl (C=O) groups excluding carboxylic acids is 1. The number of ether oxygens (including phenoxy) is 1. The minimum atomic E-state index is -0.323. The molecule has 0 aromatic rings. The SMILES string of the molecule is C=C(C)C1CCC2(O[C-]=O)CCC3(C)C(CCC4[C@@]5(C)CCC(O)C(C)(C)C5CC[C@]43C)C12.[Rf]. The summed E-state index contributed by atoms with van der Waals surface area (Å²) in [6.45, 7) is 20.9. The minimum Gasteiger partial charge on any atom is -0.648 e. The van der Waals surface area contributed by atoms with Crippen molar-refractivity contribution >= 4 is 6.47 Å².